The third kappa shape index (κ3) is 3.43. The molecule has 1 N–H and O–H groups in total. The number of carbonyl (C=O) groups is 1. The predicted molar refractivity (Wildman–Crippen MR) is 90.1 cm³/mol. The second kappa shape index (κ2) is 6.58. The summed E-state index contributed by atoms with van der Waals surface area (Å²) in [6.07, 6.45) is 1.73. The fourth-order valence-corrected chi connectivity index (χ4v) is 2.86. The maximum absolute atomic E-state index is 12.0. The van der Waals surface area contributed by atoms with E-state index in [9.17, 15) is 4.79 Å². The molecule has 1 aromatic heterocycles. The minimum atomic E-state index is -0.0522. The first kappa shape index (κ1) is 14.5. The van der Waals surface area contributed by atoms with Gasteiger partial charge >= 0.3 is 0 Å². The van der Waals surface area contributed by atoms with Crippen molar-refractivity contribution in [1.29, 1.82) is 0 Å². The van der Waals surface area contributed by atoms with Crippen molar-refractivity contribution in [2.75, 3.05) is 11.1 Å². The van der Waals surface area contributed by atoms with Gasteiger partial charge in [0.05, 0.1) is 11.9 Å². The molecule has 1 heterocycles. The molecule has 22 heavy (non-hydrogen) atoms. The third-order valence-corrected chi connectivity index (χ3v) is 4.19. The Hall–Kier alpha value is -2.40. The zero-order valence-electron chi connectivity index (χ0n) is 12.1. The summed E-state index contributed by atoms with van der Waals surface area (Å²) < 4.78 is 0. The molecule has 0 aliphatic heterocycles. The summed E-state index contributed by atoms with van der Waals surface area (Å²) in [5, 5.41) is 13.8. The Morgan fingerprint density at radius 1 is 1.14 bits per heavy atom. The van der Waals surface area contributed by atoms with Gasteiger partial charge in [0.2, 0.25) is 5.91 Å². The van der Waals surface area contributed by atoms with Crippen molar-refractivity contribution in [3.8, 4) is 0 Å². The minimum absolute atomic E-state index is 0.0522. The molecule has 3 rings (SSSR count). The highest BCUT2D eigenvalue weighted by molar-refractivity contribution is 8.00. The van der Waals surface area contributed by atoms with Gasteiger partial charge in [-0.05, 0) is 19.1 Å². The van der Waals surface area contributed by atoms with E-state index in [2.05, 4.69) is 15.5 Å². The molecule has 1 amide bonds. The summed E-state index contributed by atoms with van der Waals surface area (Å²) in [7, 11) is 0. The molecule has 110 valence electrons. The lowest BCUT2D eigenvalue weighted by molar-refractivity contribution is -0.113. The van der Waals surface area contributed by atoms with Gasteiger partial charge in [-0.3, -0.25) is 4.79 Å². The smallest absolute Gasteiger partial charge is 0.234 e. The van der Waals surface area contributed by atoms with Crippen molar-refractivity contribution in [1.82, 2.24) is 10.2 Å². The number of nitrogens with zero attached hydrogens (tertiary/aromatic N) is 2. The molecule has 0 unspecified atom stereocenters. The average molecular weight is 309 g/mol. The molecule has 0 bridgehead atoms. The average Bonchev–Trinajstić information content (AvgIpc) is 2.55. The molecule has 0 aliphatic rings. The van der Waals surface area contributed by atoms with Crippen LogP contribution in [0.4, 0.5) is 5.69 Å². The molecule has 3 aromatic rings. The summed E-state index contributed by atoms with van der Waals surface area (Å²) >= 11 is 1.39. The minimum Gasteiger partial charge on any atom is -0.325 e. The van der Waals surface area contributed by atoms with Gasteiger partial charge < -0.3 is 5.32 Å². The number of carbonyl (C=O) groups excluding carboxylic acids is 1. The first-order valence-electron chi connectivity index (χ1n) is 6.92. The van der Waals surface area contributed by atoms with Gasteiger partial charge in [-0.2, -0.15) is 5.10 Å². The van der Waals surface area contributed by atoms with E-state index in [-0.39, 0.29) is 5.91 Å². The zero-order chi connectivity index (χ0) is 15.4. The molecular weight excluding hydrogens is 294 g/mol. The summed E-state index contributed by atoms with van der Waals surface area (Å²) in [6, 6.07) is 15.6. The maximum Gasteiger partial charge on any atom is 0.234 e. The number of hydrogen-bond donors (Lipinski definition) is 1. The van der Waals surface area contributed by atoms with Gasteiger partial charge in [0.1, 0.15) is 5.03 Å². The number of amides is 1. The maximum atomic E-state index is 12.0. The first-order valence-corrected chi connectivity index (χ1v) is 7.91. The first-order chi connectivity index (χ1) is 10.7. The van der Waals surface area contributed by atoms with E-state index in [1.54, 1.807) is 6.20 Å². The number of anilines is 1. The molecule has 0 radical (unpaired) electrons. The monoisotopic (exact) mass is 309 g/mol. The molecule has 4 nitrogen and oxygen atoms in total. The standard InChI is InChI=1S/C17H15N3OS/c1-12-6-8-14(9-7-12)19-16(21)11-22-17-15-5-3-2-4-13(15)10-18-20-17/h2-10H,11H2,1H3,(H,19,21). The van der Waals surface area contributed by atoms with Gasteiger partial charge in [0.25, 0.3) is 0 Å². The molecule has 0 atom stereocenters. The summed E-state index contributed by atoms with van der Waals surface area (Å²) in [6.45, 7) is 2.01. The van der Waals surface area contributed by atoms with Gasteiger partial charge in [-0.15, -0.1) is 5.10 Å². The van der Waals surface area contributed by atoms with Crippen LogP contribution in [0.5, 0.6) is 0 Å². The summed E-state index contributed by atoms with van der Waals surface area (Å²) in [5.74, 6) is 0.250. The number of aryl methyl sites for hydroxylation is 1. The van der Waals surface area contributed by atoms with E-state index >= 15 is 0 Å². The van der Waals surface area contributed by atoms with Crippen LogP contribution in [-0.4, -0.2) is 21.9 Å². The SMILES string of the molecule is Cc1ccc(NC(=O)CSc2nncc3ccccc23)cc1. The summed E-state index contributed by atoms with van der Waals surface area (Å²) in [4.78, 5) is 12.0. The van der Waals surface area contributed by atoms with Crippen LogP contribution in [0.15, 0.2) is 59.8 Å². The Kier molecular flexibility index (Phi) is 4.34. The zero-order valence-corrected chi connectivity index (χ0v) is 12.9. The molecule has 0 saturated heterocycles. The molecular formula is C17H15N3OS. The molecule has 0 spiro atoms. The van der Waals surface area contributed by atoms with Crippen molar-refractivity contribution in [2.45, 2.75) is 11.9 Å². The second-order valence-electron chi connectivity index (χ2n) is 4.94. The van der Waals surface area contributed by atoms with E-state index in [0.29, 0.717) is 5.75 Å². The van der Waals surface area contributed by atoms with E-state index in [4.69, 9.17) is 0 Å². The molecule has 5 heteroatoms. The highest BCUT2D eigenvalue weighted by atomic mass is 32.2. The Bertz CT molecular complexity index is 797. The Balaban J connectivity index is 1.66. The lowest BCUT2D eigenvalue weighted by Crippen LogP contribution is -2.14. The van der Waals surface area contributed by atoms with Crippen LogP contribution in [0.25, 0.3) is 10.8 Å². The fraction of sp³-hybridized carbons (Fsp3) is 0.118. The normalized spacial score (nSPS) is 10.6. The van der Waals surface area contributed by atoms with E-state index < -0.39 is 0 Å². The number of fused-ring (bicyclic) bond motifs is 1. The van der Waals surface area contributed by atoms with Crippen LogP contribution >= 0.6 is 11.8 Å². The van der Waals surface area contributed by atoms with Gasteiger partial charge in [0.15, 0.2) is 0 Å². The number of benzene rings is 2. The third-order valence-electron chi connectivity index (χ3n) is 3.21. The van der Waals surface area contributed by atoms with Crippen LogP contribution in [-0.2, 0) is 4.79 Å². The second-order valence-corrected chi connectivity index (χ2v) is 5.90. The number of aromatic nitrogens is 2. The predicted octanol–water partition coefficient (Wildman–Crippen LogP) is 3.67. The van der Waals surface area contributed by atoms with Gasteiger partial charge in [-0.25, -0.2) is 0 Å². The number of thioether (sulfide) groups is 1. The van der Waals surface area contributed by atoms with Crippen molar-refractivity contribution < 1.29 is 4.79 Å². The van der Waals surface area contributed by atoms with Crippen LogP contribution in [0.2, 0.25) is 0 Å². The van der Waals surface area contributed by atoms with Crippen LogP contribution in [0, 0.1) is 6.92 Å². The highest BCUT2D eigenvalue weighted by Gasteiger charge is 2.08. The van der Waals surface area contributed by atoms with Crippen molar-refractivity contribution in [3.63, 3.8) is 0 Å². The number of nitrogens with one attached hydrogen (secondary N) is 1. The highest BCUT2D eigenvalue weighted by Crippen LogP contribution is 2.24. The van der Waals surface area contributed by atoms with E-state index in [1.807, 2.05) is 55.5 Å². The topological polar surface area (TPSA) is 54.9 Å². The lowest BCUT2D eigenvalue weighted by Gasteiger charge is -2.06. The Labute approximate surface area is 133 Å². The van der Waals surface area contributed by atoms with E-state index in [1.165, 1.54) is 17.3 Å². The van der Waals surface area contributed by atoms with Crippen LogP contribution in [0.3, 0.4) is 0 Å². The lowest BCUT2D eigenvalue weighted by atomic mass is 10.2. The van der Waals surface area contributed by atoms with Crippen LogP contribution < -0.4 is 5.32 Å². The quantitative estimate of drug-likeness (QED) is 0.747. The molecule has 2 aromatic carbocycles. The van der Waals surface area contributed by atoms with Gasteiger partial charge in [-0.1, -0.05) is 53.7 Å². The molecule has 0 aliphatic carbocycles. The largest absolute Gasteiger partial charge is 0.325 e. The Morgan fingerprint density at radius 2 is 1.91 bits per heavy atom. The number of rotatable bonds is 4. The number of hydrogen-bond acceptors (Lipinski definition) is 4. The molecule has 0 saturated carbocycles. The fourth-order valence-electron chi connectivity index (χ4n) is 2.08. The van der Waals surface area contributed by atoms with E-state index in [0.717, 1.165) is 21.5 Å². The van der Waals surface area contributed by atoms with Crippen molar-refractivity contribution in [3.05, 3.63) is 60.3 Å². The Morgan fingerprint density at radius 3 is 2.73 bits per heavy atom. The van der Waals surface area contributed by atoms with Crippen LogP contribution in [0.1, 0.15) is 5.56 Å². The van der Waals surface area contributed by atoms with Gasteiger partial charge in [0, 0.05) is 16.5 Å². The summed E-state index contributed by atoms with van der Waals surface area (Å²) in [5.41, 5.74) is 1.97. The van der Waals surface area contributed by atoms with Crippen molar-refractivity contribution in [2.24, 2.45) is 0 Å². The molecule has 0 fully saturated rings. The van der Waals surface area contributed by atoms with Crippen molar-refractivity contribution >= 4 is 34.1 Å².